The van der Waals surface area contributed by atoms with Gasteiger partial charge >= 0.3 is 0 Å². The fourth-order valence-electron chi connectivity index (χ4n) is 1.79. The van der Waals surface area contributed by atoms with Gasteiger partial charge in [0.15, 0.2) is 0 Å². The molecule has 0 fully saturated rings. The molecule has 2 aromatic heterocycles. The number of likely N-dealkylation sites (N-methyl/N-ethyl adjacent to an activating group) is 1. The van der Waals surface area contributed by atoms with Crippen LogP contribution in [0.2, 0.25) is 0 Å². The van der Waals surface area contributed by atoms with Gasteiger partial charge in [-0.25, -0.2) is 9.97 Å². The van der Waals surface area contributed by atoms with E-state index < -0.39 is 0 Å². The van der Waals surface area contributed by atoms with E-state index in [1.807, 2.05) is 42.5 Å². The number of hydrogen-bond acceptors (Lipinski definition) is 5. The lowest BCUT2D eigenvalue weighted by molar-refractivity contribution is -0.122. The summed E-state index contributed by atoms with van der Waals surface area (Å²) in [5, 5.41) is 4.92. The second kappa shape index (κ2) is 7.12. The van der Waals surface area contributed by atoms with Crippen LogP contribution in [0.1, 0.15) is 23.5 Å². The van der Waals surface area contributed by atoms with E-state index >= 15 is 0 Å². The first-order valence-electron chi connectivity index (χ1n) is 6.42. The fraction of sp³-hybridized carbons (Fsp3) is 0.357. The van der Waals surface area contributed by atoms with Crippen molar-refractivity contribution in [2.45, 2.75) is 19.5 Å². The van der Waals surface area contributed by atoms with Gasteiger partial charge in [0, 0.05) is 17.1 Å². The maximum atomic E-state index is 11.9. The van der Waals surface area contributed by atoms with E-state index in [2.05, 4.69) is 15.3 Å². The first-order chi connectivity index (χ1) is 9.66. The second-order valence-electron chi connectivity index (χ2n) is 4.58. The molecule has 0 aliphatic heterocycles. The van der Waals surface area contributed by atoms with E-state index in [0.717, 1.165) is 10.6 Å². The van der Waals surface area contributed by atoms with Crippen molar-refractivity contribution in [1.29, 1.82) is 0 Å². The number of nitrogens with zero attached hydrogens (tertiary/aromatic N) is 3. The molecule has 0 aliphatic rings. The van der Waals surface area contributed by atoms with Crippen molar-refractivity contribution in [3.8, 4) is 0 Å². The lowest BCUT2D eigenvalue weighted by Crippen LogP contribution is -2.36. The molecule has 0 radical (unpaired) electrons. The Morgan fingerprint density at radius 2 is 2.35 bits per heavy atom. The molecule has 0 bridgehead atoms. The Morgan fingerprint density at radius 3 is 3.00 bits per heavy atom. The Balaban J connectivity index is 1.81. The highest BCUT2D eigenvalue weighted by molar-refractivity contribution is 7.09. The maximum absolute atomic E-state index is 11.9. The molecule has 2 aromatic rings. The third-order valence-electron chi connectivity index (χ3n) is 3.13. The molecule has 0 aliphatic carbocycles. The topological polar surface area (TPSA) is 58.1 Å². The summed E-state index contributed by atoms with van der Waals surface area (Å²) >= 11 is 1.64. The second-order valence-corrected chi connectivity index (χ2v) is 5.61. The van der Waals surface area contributed by atoms with Crippen molar-refractivity contribution in [3.63, 3.8) is 0 Å². The van der Waals surface area contributed by atoms with Crippen molar-refractivity contribution in [1.82, 2.24) is 20.2 Å². The molecule has 0 saturated heterocycles. The van der Waals surface area contributed by atoms with Gasteiger partial charge in [-0.3, -0.25) is 9.69 Å². The summed E-state index contributed by atoms with van der Waals surface area (Å²) < 4.78 is 0. The largest absolute Gasteiger partial charge is 0.350 e. The molecule has 106 valence electrons. The highest BCUT2D eigenvalue weighted by atomic mass is 32.1. The highest BCUT2D eigenvalue weighted by Crippen LogP contribution is 2.14. The number of nitrogens with one attached hydrogen (secondary N) is 1. The molecule has 0 aromatic carbocycles. The number of carbonyl (C=O) groups excluding carboxylic acids is 1. The van der Waals surface area contributed by atoms with E-state index in [1.165, 1.54) is 6.33 Å². The van der Waals surface area contributed by atoms with E-state index in [1.54, 1.807) is 17.5 Å². The SMILES string of the molecule is C[C@H](c1ccncn1)N(C)CC(=O)NCc1cccs1. The zero-order chi connectivity index (χ0) is 14.4. The molecule has 0 spiro atoms. The monoisotopic (exact) mass is 290 g/mol. The summed E-state index contributed by atoms with van der Waals surface area (Å²) in [6.45, 7) is 2.96. The predicted molar refractivity (Wildman–Crippen MR) is 79.2 cm³/mol. The molecule has 1 N–H and O–H groups in total. The molecule has 1 amide bonds. The summed E-state index contributed by atoms with van der Waals surface area (Å²) in [7, 11) is 1.91. The molecule has 2 heterocycles. The van der Waals surface area contributed by atoms with E-state index in [0.29, 0.717) is 13.1 Å². The lowest BCUT2D eigenvalue weighted by Gasteiger charge is -2.23. The minimum absolute atomic E-state index is 0.0156. The van der Waals surface area contributed by atoms with Crippen molar-refractivity contribution in [3.05, 3.63) is 46.7 Å². The van der Waals surface area contributed by atoms with Crippen LogP contribution in [0.25, 0.3) is 0 Å². The quantitative estimate of drug-likeness (QED) is 0.882. The molecular formula is C14H18N4OS. The van der Waals surface area contributed by atoms with Crippen LogP contribution in [0.5, 0.6) is 0 Å². The van der Waals surface area contributed by atoms with Crippen LogP contribution in [0.3, 0.4) is 0 Å². The third-order valence-corrected chi connectivity index (χ3v) is 4.00. The Hall–Kier alpha value is -1.79. The van der Waals surface area contributed by atoms with Gasteiger partial charge in [-0.1, -0.05) is 6.07 Å². The maximum Gasteiger partial charge on any atom is 0.234 e. The van der Waals surface area contributed by atoms with Gasteiger partial charge in [0.1, 0.15) is 6.33 Å². The normalized spacial score (nSPS) is 12.3. The Bertz CT molecular complexity index is 529. The number of aromatic nitrogens is 2. The smallest absolute Gasteiger partial charge is 0.234 e. The minimum Gasteiger partial charge on any atom is -0.350 e. The van der Waals surface area contributed by atoms with Crippen LogP contribution >= 0.6 is 11.3 Å². The van der Waals surface area contributed by atoms with Gasteiger partial charge in [0.25, 0.3) is 0 Å². The molecule has 1 atom stereocenters. The number of hydrogen-bond donors (Lipinski definition) is 1. The average Bonchev–Trinajstić information content (AvgIpc) is 2.98. The van der Waals surface area contributed by atoms with Crippen molar-refractivity contribution in [2.24, 2.45) is 0 Å². The van der Waals surface area contributed by atoms with Gasteiger partial charge in [-0.05, 0) is 31.5 Å². The molecule has 5 nitrogen and oxygen atoms in total. The van der Waals surface area contributed by atoms with E-state index in [4.69, 9.17) is 0 Å². The number of rotatable bonds is 6. The van der Waals surface area contributed by atoms with Crippen molar-refractivity contribution >= 4 is 17.2 Å². The first-order valence-corrected chi connectivity index (χ1v) is 7.30. The summed E-state index contributed by atoms with van der Waals surface area (Å²) in [6, 6.07) is 5.93. The predicted octanol–water partition coefficient (Wildman–Crippen LogP) is 1.85. The van der Waals surface area contributed by atoms with Gasteiger partial charge < -0.3 is 5.32 Å². The first kappa shape index (κ1) is 14.6. The van der Waals surface area contributed by atoms with Crippen LogP contribution < -0.4 is 5.32 Å². The van der Waals surface area contributed by atoms with Crippen LogP contribution in [-0.2, 0) is 11.3 Å². The Kier molecular flexibility index (Phi) is 5.20. The van der Waals surface area contributed by atoms with Crippen LogP contribution in [-0.4, -0.2) is 34.4 Å². The van der Waals surface area contributed by atoms with Gasteiger partial charge in [0.2, 0.25) is 5.91 Å². The molecule has 0 unspecified atom stereocenters. The van der Waals surface area contributed by atoms with Crippen LogP contribution in [0.4, 0.5) is 0 Å². The van der Waals surface area contributed by atoms with E-state index in [9.17, 15) is 4.79 Å². The Morgan fingerprint density at radius 1 is 1.50 bits per heavy atom. The van der Waals surface area contributed by atoms with Crippen LogP contribution in [0.15, 0.2) is 36.1 Å². The number of amides is 1. The molecule has 6 heteroatoms. The van der Waals surface area contributed by atoms with Gasteiger partial charge in [0.05, 0.1) is 18.8 Å². The molecule has 2 rings (SSSR count). The molecule has 20 heavy (non-hydrogen) atoms. The average molecular weight is 290 g/mol. The van der Waals surface area contributed by atoms with Crippen molar-refractivity contribution < 1.29 is 4.79 Å². The third kappa shape index (κ3) is 4.11. The van der Waals surface area contributed by atoms with Crippen LogP contribution in [0, 0.1) is 0 Å². The lowest BCUT2D eigenvalue weighted by atomic mass is 10.2. The summed E-state index contributed by atoms with van der Waals surface area (Å²) in [5.41, 5.74) is 0.911. The number of thiophene rings is 1. The molecule has 0 saturated carbocycles. The summed E-state index contributed by atoms with van der Waals surface area (Å²) in [4.78, 5) is 23.1. The number of carbonyl (C=O) groups is 1. The zero-order valence-electron chi connectivity index (χ0n) is 11.6. The van der Waals surface area contributed by atoms with Crippen molar-refractivity contribution in [2.75, 3.05) is 13.6 Å². The molecular weight excluding hydrogens is 272 g/mol. The highest BCUT2D eigenvalue weighted by Gasteiger charge is 2.15. The summed E-state index contributed by atoms with van der Waals surface area (Å²) in [6.07, 6.45) is 3.24. The fourth-order valence-corrected chi connectivity index (χ4v) is 2.44. The van der Waals surface area contributed by atoms with Gasteiger partial charge in [-0.2, -0.15) is 0 Å². The standard InChI is InChI=1S/C14H18N4OS/c1-11(13-5-6-15-10-17-13)18(2)9-14(19)16-8-12-4-3-7-20-12/h3-7,10-11H,8-9H2,1-2H3,(H,16,19)/t11-/m1/s1. The Labute approximate surface area is 122 Å². The minimum atomic E-state index is 0.0156. The summed E-state index contributed by atoms with van der Waals surface area (Å²) in [5.74, 6) is 0.0156. The zero-order valence-corrected chi connectivity index (χ0v) is 12.4. The van der Waals surface area contributed by atoms with Gasteiger partial charge in [-0.15, -0.1) is 11.3 Å². The van der Waals surface area contributed by atoms with E-state index in [-0.39, 0.29) is 11.9 Å².